The van der Waals surface area contributed by atoms with E-state index >= 15 is 0 Å². The van der Waals surface area contributed by atoms with Gasteiger partial charge in [0.1, 0.15) is 0 Å². The molecule has 1 atom stereocenters. The number of carbonyl (C=O) groups excluding carboxylic acids is 1. The molecule has 0 radical (unpaired) electrons. The summed E-state index contributed by atoms with van der Waals surface area (Å²) in [5.41, 5.74) is 0. The fourth-order valence-electron chi connectivity index (χ4n) is 3.14. The van der Waals surface area contributed by atoms with Crippen molar-refractivity contribution in [2.24, 2.45) is 0 Å². The third-order valence-electron chi connectivity index (χ3n) is 4.77. The van der Waals surface area contributed by atoms with Gasteiger partial charge in [-0.3, -0.25) is 4.79 Å². The molecule has 0 heterocycles. The third-order valence-corrected chi connectivity index (χ3v) is 4.77. The van der Waals surface area contributed by atoms with Gasteiger partial charge in [0, 0.05) is 20.1 Å². The Labute approximate surface area is 168 Å². The Balaban J connectivity index is 3.84. The molecule has 0 aliphatic heterocycles. The Morgan fingerprint density at radius 2 is 1.19 bits per heavy atom. The van der Waals surface area contributed by atoms with E-state index < -0.39 is 0 Å². The molecule has 0 spiro atoms. The van der Waals surface area contributed by atoms with Crippen molar-refractivity contribution in [2.75, 3.05) is 13.2 Å². The van der Waals surface area contributed by atoms with Crippen LogP contribution in [-0.4, -0.2) is 31.6 Å². The molecular formula is C23H46O4. The summed E-state index contributed by atoms with van der Waals surface area (Å²) in [5, 5.41) is 0. The van der Waals surface area contributed by atoms with Gasteiger partial charge in [-0.25, -0.2) is 0 Å². The number of rotatable bonds is 20. The average molecular weight is 387 g/mol. The SMILES string of the molecule is CCCCCCOC(CCCCCCC(C)OC(C)=O)OCCCCCC. The second-order valence-corrected chi connectivity index (χ2v) is 7.70. The standard InChI is InChI=1S/C23H46O4/c1-5-7-9-15-19-25-23(26-20-16-10-8-6-2)18-14-12-11-13-17-21(3)27-22(4)24/h21,23H,5-20H2,1-4H3. The fourth-order valence-corrected chi connectivity index (χ4v) is 3.14. The monoisotopic (exact) mass is 386 g/mol. The van der Waals surface area contributed by atoms with Crippen LogP contribution in [0, 0.1) is 0 Å². The first-order valence-corrected chi connectivity index (χ1v) is 11.5. The maximum Gasteiger partial charge on any atom is 0.302 e. The molecule has 0 aromatic rings. The van der Waals surface area contributed by atoms with Gasteiger partial charge in [0.25, 0.3) is 0 Å². The van der Waals surface area contributed by atoms with E-state index in [1.807, 2.05) is 6.92 Å². The van der Waals surface area contributed by atoms with Crippen LogP contribution in [0.15, 0.2) is 0 Å². The first-order chi connectivity index (χ1) is 13.1. The van der Waals surface area contributed by atoms with Crippen LogP contribution in [0.5, 0.6) is 0 Å². The first-order valence-electron chi connectivity index (χ1n) is 11.5. The van der Waals surface area contributed by atoms with Gasteiger partial charge >= 0.3 is 5.97 Å². The number of hydrogen-bond acceptors (Lipinski definition) is 4. The minimum absolute atomic E-state index is 0.0341. The smallest absolute Gasteiger partial charge is 0.302 e. The molecule has 0 saturated carbocycles. The van der Waals surface area contributed by atoms with Gasteiger partial charge in [0.05, 0.1) is 6.10 Å². The molecule has 0 fully saturated rings. The van der Waals surface area contributed by atoms with Crippen molar-refractivity contribution < 1.29 is 19.0 Å². The highest BCUT2D eigenvalue weighted by Crippen LogP contribution is 2.14. The first kappa shape index (κ1) is 26.4. The van der Waals surface area contributed by atoms with Crippen LogP contribution >= 0.6 is 0 Å². The lowest BCUT2D eigenvalue weighted by Crippen LogP contribution is -2.19. The van der Waals surface area contributed by atoms with Gasteiger partial charge in [-0.1, -0.05) is 65.2 Å². The molecule has 0 rings (SSSR count). The number of unbranched alkanes of at least 4 members (excludes halogenated alkanes) is 9. The molecule has 0 saturated heterocycles. The van der Waals surface area contributed by atoms with E-state index in [-0.39, 0.29) is 18.4 Å². The maximum atomic E-state index is 10.9. The van der Waals surface area contributed by atoms with E-state index in [0.29, 0.717) is 0 Å². The quantitative estimate of drug-likeness (QED) is 0.131. The number of ether oxygens (including phenoxy) is 3. The van der Waals surface area contributed by atoms with Gasteiger partial charge in [-0.2, -0.15) is 0 Å². The van der Waals surface area contributed by atoms with Crippen LogP contribution in [0.1, 0.15) is 118 Å². The summed E-state index contributed by atoms with van der Waals surface area (Å²) in [6.45, 7) is 9.54. The molecule has 0 bridgehead atoms. The van der Waals surface area contributed by atoms with Gasteiger partial charge in [0.2, 0.25) is 0 Å². The summed E-state index contributed by atoms with van der Waals surface area (Å²) in [6.07, 6.45) is 16.4. The van der Waals surface area contributed by atoms with Crippen molar-refractivity contribution in [3.05, 3.63) is 0 Å². The summed E-state index contributed by atoms with van der Waals surface area (Å²) in [6, 6.07) is 0. The number of hydrogen-bond donors (Lipinski definition) is 0. The molecule has 0 aromatic heterocycles. The molecule has 0 aliphatic rings. The molecule has 0 aliphatic carbocycles. The summed E-state index contributed by atoms with van der Waals surface area (Å²) in [4.78, 5) is 10.9. The van der Waals surface area contributed by atoms with Crippen LogP contribution in [0.4, 0.5) is 0 Å². The number of carbonyl (C=O) groups is 1. The van der Waals surface area contributed by atoms with E-state index in [2.05, 4.69) is 13.8 Å². The molecule has 0 aromatic carbocycles. The second-order valence-electron chi connectivity index (χ2n) is 7.70. The van der Waals surface area contributed by atoms with Gasteiger partial charge < -0.3 is 14.2 Å². The fraction of sp³-hybridized carbons (Fsp3) is 0.957. The largest absolute Gasteiger partial charge is 0.463 e. The van der Waals surface area contributed by atoms with Crippen LogP contribution in [0.2, 0.25) is 0 Å². The molecule has 1 unspecified atom stereocenters. The van der Waals surface area contributed by atoms with E-state index in [1.54, 1.807) is 0 Å². The zero-order chi connectivity index (χ0) is 20.2. The highest BCUT2D eigenvalue weighted by atomic mass is 16.7. The third kappa shape index (κ3) is 19.9. The highest BCUT2D eigenvalue weighted by molar-refractivity contribution is 5.66. The Hall–Kier alpha value is -0.610. The van der Waals surface area contributed by atoms with Crippen molar-refractivity contribution in [1.82, 2.24) is 0 Å². The van der Waals surface area contributed by atoms with Crippen molar-refractivity contribution in [3.63, 3.8) is 0 Å². The predicted octanol–water partition coefficient (Wildman–Crippen LogP) is 6.80. The van der Waals surface area contributed by atoms with E-state index in [1.165, 1.54) is 58.3 Å². The van der Waals surface area contributed by atoms with E-state index in [9.17, 15) is 4.79 Å². The second kappa shape index (κ2) is 20.1. The molecule has 27 heavy (non-hydrogen) atoms. The normalized spacial score (nSPS) is 12.5. The molecule has 4 heteroatoms. The maximum absolute atomic E-state index is 10.9. The average Bonchev–Trinajstić information content (AvgIpc) is 2.62. The van der Waals surface area contributed by atoms with Crippen LogP contribution < -0.4 is 0 Å². The number of esters is 1. The zero-order valence-corrected chi connectivity index (χ0v) is 18.6. The Bertz CT molecular complexity index is 306. The van der Waals surface area contributed by atoms with Gasteiger partial charge in [0.15, 0.2) is 6.29 Å². The van der Waals surface area contributed by atoms with Crippen LogP contribution in [0.25, 0.3) is 0 Å². The molecular weight excluding hydrogens is 340 g/mol. The van der Waals surface area contributed by atoms with Gasteiger partial charge in [-0.05, 0) is 45.4 Å². The van der Waals surface area contributed by atoms with Crippen molar-refractivity contribution in [3.8, 4) is 0 Å². The molecule has 4 nitrogen and oxygen atoms in total. The molecule has 0 amide bonds. The predicted molar refractivity (Wildman–Crippen MR) is 113 cm³/mol. The Morgan fingerprint density at radius 3 is 1.67 bits per heavy atom. The lowest BCUT2D eigenvalue weighted by atomic mass is 10.1. The summed E-state index contributed by atoms with van der Waals surface area (Å²) < 4.78 is 17.2. The summed E-state index contributed by atoms with van der Waals surface area (Å²) in [5.74, 6) is -0.183. The zero-order valence-electron chi connectivity index (χ0n) is 18.6. The highest BCUT2D eigenvalue weighted by Gasteiger charge is 2.10. The van der Waals surface area contributed by atoms with Crippen LogP contribution in [-0.2, 0) is 19.0 Å². The van der Waals surface area contributed by atoms with Crippen LogP contribution in [0.3, 0.4) is 0 Å². The minimum atomic E-state index is -0.183. The summed E-state index contributed by atoms with van der Waals surface area (Å²) >= 11 is 0. The van der Waals surface area contributed by atoms with Crippen molar-refractivity contribution in [2.45, 2.75) is 130 Å². The van der Waals surface area contributed by atoms with Crippen molar-refractivity contribution in [1.29, 1.82) is 0 Å². The summed E-state index contributed by atoms with van der Waals surface area (Å²) in [7, 11) is 0. The van der Waals surface area contributed by atoms with Crippen molar-refractivity contribution >= 4 is 5.97 Å². The van der Waals surface area contributed by atoms with E-state index in [4.69, 9.17) is 14.2 Å². The topological polar surface area (TPSA) is 44.8 Å². The Morgan fingerprint density at radius 1 is 0.704 bits per heavy atom. The molecule has 0 N–H and O–H groups in total. The minimum Gasteiger partial charge on any atom is -0.463 e. The van der Waals surface area contributed by atoms with Gasteiger partial charge in [-0.15, -0.1) is 0 Å². The van der Waals surface area contributed by atoms with E-state index in [0.717, 1.165) is 51.7 Å². The Kier molecular flexibility index (Phi) is 19.7. The lowest BCUT2D eigenvalue weighted by Gasteiger charge is -2.19. The molecule has 162 valence electrons. The lowest BCUT2D eigenvalue weighted by molar-refractivity contribution is -0.148.